The molecule has 0 aromatic carbocycles. The van der Waals surface area contributed by atoms with Crippen molar-refractivity contribution in [3.8, 4) is 0 Å². The molecule has 0 spiro atoms. The number of aliphatic hydroxyl groups is 2. The SMILES string of the molecule is CCCCCOC.OCCOCCO. The molecule has 0 fully saturated rings. The fourth-order valence-electron chi connectivity index (χ4n) is 0.728. The molecule has 0 atom stereocenters. The van der Waals surface area contributed by atoms with Crippen LogP contribution in [-0.2, 0) is 9.47 Å². The summed E-state index contributed by atoms with van der Waals surface area (Å²) in [5.41, 5.74) is 0. The molecule has 0 aliphatic carbocycles. The first-order chi connectivity index (χ1) is 6.83. The Hall–Kier alpha value is -0.160. The molecule has 4 nitrogen and oxygen atoms in total. The summed E-state index contributed by atoms with van der Waals surface area (Å²) in [6.45, 7) is 3.81. The first-order valence-corrected chi connectivity index (χ1v) is 5.11. The lowest BCUT2D eigenvalue weighted by molar-refractivity contribution is 0.0650. The lowest BCUT2D eigenvalue weighted by Crippen LogP contribution is -2.03. The Bertz CT molecular complexity index is 60.5. The summed E-state index contributed by atoms with van der Waals surface area (Å²) >= 11 is 0. The molecule has 0 aliphatic heterocycles. The summed E-state index contributed by atoms with van der Waals surface area (Å²) in [6, 6.07) is 0. The summed E-state index contributed by atoms with van der Waals surface area (Å²) in [6.07, 6.45) is 3.80. The predicted molar refractivity (Wildman–Crippen MR) is 56.4 cm³/mol. The van der Waals surface area contributed by atoms with E-state index in [2.05, 4.69) is 11.7 Å². The van der Waals surface area contributed by atoms with Gasteiger partial charge in [0.05, 0.1) is 26.4 Å². The third-order valence-electron chi connectivity index (χ3n) is 1.42. The van der Waals surface area contributed by atoms with Gasteiger partial charge in [-0.15, -0.1) is 0 Å². The van der Waals surface area contributed by atoms with Crippen molar-refractivity contribution < 1.29 is 19.7 Å². The lowest BCUT2D eigenvalue weighted by atomic mass is 10.3. The summed E-state index contributed by atoms with van der Waals surface area (Å²) in [4.78, 5) is 0. The van der Waals surface area contributed by atoms with Gasteiger partial charge in [-0.3, -0.25) is 0 Å². The van der Waals surface area contributed by atoms with Gasteiger partial charge in [0.1, 0.15) is 0 Å². The Balaban J connectivity index is 0. The molecular weight excluding hydrogens is 184 g/mol. The summed E-state index contributed by atoms with van der Waals surface area (Å²) in [5.74, 6) is 0. The van der Waals surface area contributed by atoms with Crippen molar-refractivity contribution in [2.45, 2.75) is 26.2 Å². The number of aliphatic hydroxyl groups excluding tert-OH is 2. The highest BCUT2D eigenvalue weighted by Gasteiger charge is 1.80. The number of unbranched alkanes of at least 4 members (excludes halogenated alkanes) is 2. The molecule has 4 heteroatoms. The maximum atomic E-state index is 8.09. The van der Waals surface area contributed by atoms with Crippen molar-refractivity contribution in [3.05, 3.63) is 0 Å². The van der Waals surface area contributed by atoms with Gasteiger partial charge in [0.15, 0.2) is 0 Å². The van der Waals surface area contributed by atoms with E-state index < -0.39 is 0 Å². The first-order valence-electron chi connectivity index (χ1n) is 5.11. The van der Waals surface area contributed by atoms with Gasteiger partial charge in [0.25, 0.3) is 0 Å². The Morgan fingerprint density at radius 2 is 1.50 bits per heavy atom. The zero-order valence-corrected chi connectivity index (χ0v) is 9.37. The highest BCUT2D eigenvalue weighted by molar-refractivity contribution is 4.32. The number of rotatable bonds is 8. The van der Waals surface area contributed by atoms with Crippen LogP contribution in [0.5, 0.6) is 0 Å². The van der Waals surface area contributed by atoms with Crippen LogP contribution in [-0.4, -0.2) is 50.4 Å². The minimum absolute atomic E-state index is 0.0278. The largest absolute Gasteiger partial charge is 0.394 e. The third-order valence-corrected chi connectivity index (χ3v) is 1.42. The molecular formula is C10H24O4. The summed E-state index contributed by atoms with van der Waals surface area (Å²) in [7, 11) is 1.75. The van der Waals surface area contributed by atoms with Crippen LogP contribution in [0.4, 0.5) is 0 Å². The predicted octanol–water partition coefficient (Wildman–Crippen LogP) is 0.811. The van der Waals surface area contributed by atoms with Gasteiger partial charge in [-0.05, 0) is 6.42 Å². The van der Waals surface area contributed by atoms with Gasteiger partial charge in [0.2, 0.25) is 0 Å². The van der Waals surface area contributed by atoms with E-state index in [0.717, 1.165) is 6.61 Å². The minimum Gasteiger partial charge on any atom is -0.394 e. The molecule has 0 aromatic heterocycles. The van der Waals surface area contributed by atoms with E-state index in [0.29, 0.717) is 13.2 Å². The highest BCUT2D eigenvalue weighted by atomic mass is 16.5. The van der Waals surface area contributed by atoms with Crippen LogP contribution in [0, 0.1) is 0 Å². The van der Waals surface area contributed by atoms with E-state index in [1.54, 1.807) is 7.11 Å². The fraction of sp³-hybridized carbons (Fsp3) is 1.00. The molecule has 0 heterocycles. The quantitative estimate of drug-likeness (QED) is 0.580. The average Bonchev–Trinajstić information content (AvgIpc) is 2.21. The van der Waals surface area contributed by atoms with E-state index in [-0.39, 0.29) is 13.2 Å². The van der Waals surface area contributed by atoms with E-state index in [4.69, 9.17) is 14.9 Å². The number of hydrogen-bond donors (Lipinski definition) is 2. The topological polar surface area (TPSA) is 58.9 Å². The first kappa shape index (κ1) is 16.3. The van der Waals surface area contributed by atoms with Crippen LogP contribution >= 0.6 is 0 Å². The Kier molecular flexibility index (Phi) is 21.6. The molecule has 0 radical (unpaired) electrons. The van der Waals surface area contributed by atoms with E-state index in [9.17, 15) is 0 Å². The van der Waals surface area contributed by atoms with Crippen molar-refractivity contribution in [1.29, 1.82) is 0 Å². The van der Waals surface area contributed by atoms with Crippen LogP contribution in [0.25, 0.3) is 0 Å². The minimum atomic E-state index is 0.0278. The molecule has 0 saturated carbocycles. The molecule has 14 heavy (non-hydrogen) atoms. The van der Waals surface area contributed by atoms with Gasteiger partial charge in [0, 0.05) is 13.7 Å². The van der Waals surface area contributed by atoms with Gasteiger partial charge in [-0.1, -0.05) is 19.8 Å². The standard InChI is InChI=1S/C6H14O.C4H10O3/c1-3-4-5-6-7-2;5-1-3-7-4-2-6/h3-6H2,1-2H3;5-6H,1-4H2. The van der Waals surface area contributed by atoms with Crippen LogP contribution in [0.1, 0.15) is 26.2 Å². The van der Waals surface area contributed by atoms with Gasteiger partial charge >= 0.3 is 0 Å². The number of ether oxygens (including phenoxy) is 2. The van der Waals surface area contributed by atoms with Crippen LogP contribution in [0.2, 0.25) is 0 Å². The van der Waals surface area contributed by atoms with Gasteiger partial charge in [-0.2, -0.15) is 0 Å². The van der Waals surface area contributed by atoms with Crippen molar-refractivity contribution in [2.75, 3.05) is 40.1 Å². The molecule has 0 unspecified atom stereocenters. The maximum absolute atomic E-state index is 8.09. The molecule has 0 aliphatic rings. The molecule has 0 bridgehead atoms. The van der Waals surface area contributed by atoms with Crippen LogP contribution in [0.15, 0.2) is 0 Å². The molecule has 0 saturated heterocycles. The summed E-state index contributed by atoms with van der Waals surface area (Å²) in [5, 5.41) is 16.2. The van der Waals surface area contributed by atoms with Crippen molar-refractivity contribution >= 4 is 0 Å². The van der Waals surface area contributed by atoms with Crippen LogP contribution < -0.4 is 0 Å². The molecule has 88 valence electrons. The fourth-order valence-corrected chi connectivity index (χ4v) is 0.728. The lowest BCUT2D eigenvalue weighted by Gasteiger charge is -1.94. The number of methoxy groups -OCH3 is 1. The monoisotopic (exact) mass is 208 g/mol. The molecule has 2 N–H and O–H groups in total. The van der Waals surface area contributed by atoms with Crippen LogP contribution in [0.3, 0.4) is 0 Å². The smallest absolute Gasteiger partial charge is 0.0698 e. The molecule has 0 amide bonds. The van der Waals surface area contributed by atoms with E-state index >= 15 is 0 Å². The molecule has 0 aromatic rings. The van der Waals surface area contributed by atoms with Gasteiger partial charge in [-0.25, -0.2) is 0 Å². The van der Waals surface area contributed by atoms with E-state index in [1.807, 2.05) is 0 Å². The van der Waals surface area contributed by atoms with Crippen molar-refractivity contribution in [1.82, 2.24) is 0 Å². The maximum Gasteiger partial charge on any atom is 0.0698 e. The zero-order valence-electron chi connectivity index (χ0n) is 9.37. The Morgan fingerprint density at radius 3 is 1.86 bits per heavy atom. The van der Waals surface area contributed by atoms with Crippen molar-refractivity contribution in [3.63, 3.8) is 0 Å². The third kappa shape index (κ3) is 22.6. The van der Waals surface area contributed by atoms with E-state index in [1.165, 1.54) is 19.3 Å². The number of hydrogen-bond acceptors (Lipinski definition) is 4. The second-order valence-corrected chi connectivity index (χ2v) is 2.76. The Labute approximate surface area is 86.8 Å². The zero-order chi connectivity index (χ0) is 11.1. The Morgan fingerprint density at radius 1 is 0.929 bits per heavy atom. The van der Waals surface area contributed by atoms with Gasteiger partial charge < -0.3 is 19.7 Å². The average molecular weight is 208 g/mol. The highest BCUT2D eigenvalue weighted by Crippen LogP contribution is 1.91. The second kappa shape index (κ2) is 18.6. The second-order valence-electron chi connectivity index (χ2n) is 2.76. The van der Waals surface area contributed by atoms with Crippen molar-refractivity contribution in [2.24, 2.45) is 0 Å². The summed E-state index contributed by atoms with van der Waals surface area (Å²) < 4.78 is 9.48. The molecule has 0 rings (SSSR count). The normalized spacial score (nSPS) is 9.43.